The number of carbonyl (C=O) groups excluding carboxylic acids is 1. The summed E-state index contributed by atoms with van der Waals surface area (Å²) in [5.74, 6) is -0.290. The highest BCUT2D eigenvalue weighted by atomic mass is 32.1. The van der Waals surface area contributed by atoms with Crippen molar-refractivity contribution in [3.63, 3.8) is 0 Å². The standard InChI is InChI=1S/C19H18N2O3S/c1-11-4-6-17-15(8-11)19(23)14(9-24-17)5-7-18(22)20-12(2)16-10-25-13(3)21-16/h4-10,12H,1-3H3,(H,20,22)/b7-5+. The van der Waals surface area contributed by atoms with Crippen molar-refractivity contribution in [3.05, 3.63) is 68.0 Å². The molecule has 128 valence electrons. The van der Waals surface area contributed by atoms with E-state index in [2.05, 4.69) is 10.3 Å². The molecule has 0 saturated carbocycles. The van der Waals surface area contributed by atoms with Crippen molar-refractivity contribution in [2.75, 3.05) is 0 Å². The van der Waals surface area contributed by atoms with Crippen molar-refractivity contribution in [1.29, 1.82) is 0 Å². The molecule has 0 bridgehead atoms. The van der Waals surface area contributed by atoms with Crippen LogP contribution in [0.4, 0.5) is 0 Å². The molecular weight excluding hydrogens is 336 g/mol. The molecule has 0 fully saturated rings. The summed E-state index contributed by atoms with van der Waals surface area (Å²) in [6.07, 6.45) is 4.18. The first-order valence-electron chi connectivity index (χ1n) is 7.87. The third-order valence-corrected chi connectivity index (χ3v) is 4.60. The van der Waals surface area contributed by atoms with Crippen molar-refractivity contribution in [2.24, 2.45) is 0 Å². The predicted molar refractivity (Wildman–Crippen MR) is 99.7 cm³/mol. The number of amides is 1. The second kappa shape index (κ2) is 7.03. The number of hydrogen-bond donors (Lipinski definition) is 1. The van der Waals surface area contributed by atoms with E-state index in [1.807, 2.05) is 32.2 Å². The predicted octanol–water partition coefficient (Wildman–Crippen LogP) is 3.76. The molecule has 1 amide bonds. The lowest BCUT2D eigenvalue weighted by Gasteiger charge is -2.09. The fraction of sp³-hybridized carbons (Fsp3) is 0.211. The first kappa shape index (κ1) is 17.1. The van der Waals surface area contributed by atoms with Gasteiger partial charge in [0.15, 0.2) is 5.43 Å². The second-order valence-corrected chi connectivity index (χ2v) is 6.94. The number of nitrogens with zero attached hydrogens (tertiary/aromatic N) is 1. The Morgan fingerprint density at radius 3 is 2.88 bits per heavy atom. The average Bonchev–Trinajstić information content (AvgIpc) is 3.01. The molecule has 0 saturated heterocycles. The lowest BCUT2D eigenvalue weighted by atomic mass is 10.1. The minimum absolute atomic E-state index is 0.155. The van der Waals surface area contributed by atoms with Gasteiger partial charge in [0.05, 0.1) is 27.7 Å². The van der Waals surface area contributed by atoms with Crippen molar-refractivity contribution in [1.82, 2.24) is 10.3 Å². The second-order valence-electron chi connectivity index (χ2n) is 5.87. The molecule has 1 aromatic carbocycles. The van der Waals surface area contributed by atoms with Crippen molar-refractivity contribution in [2.45, 2.75) is 26.8 Å². The molecule has 6 heteroatoms. The summed E-state index contributed by atoms with van der Waals surface area (Å²) >= 11 is 1.54. The van der Waals surface area contributed by atoms with E-state index in [0.29, 0.717) is 16.5 Å². The topological polar surface area (TPSA) is 72.2 Å². The lowest BCUT2D eigenvalue weighted by Crippen LogP contribution is -2.25. The molecule has 0 spiro atoms. The SMILES string of the molecule is Cc1ccc2occ(/C=C/C(=O)NC(C)c3csc(C)n3)c(=O)c2c1. The Labute approximate surface area is 149 Å². The van der Waals surface area contributed by atoms with Gasteiger partial charge < -0.3 is 9.73 Å². The Balaban J connectivity index is 1.77. The number of fused-ring (bicyclic) bond motifs is 1. The normalized spacial score (nSPS) is 12.6. The van der Waals surface area contributed by atoms with Gasteiger partial charge >= 0.3 is 0 Å². The van der Waals surface area contributed by atoms with Crippen LogP contribution in [0.15, 0.2) is 45.1 Å². The van der Waals surface area contributed by atoms with E-state index in [1.54, 1.807) is 23.5 Å². The fourth-order valence-corrected chi connectivity index (χ4v) is 3.16. The molecule has 3 rings (SSSR count). The van der Waals surface area contributed by atoms with Gasteiger partial charge in [-0.2, -0.15) is 0 Å². The van der Waals surface area contributed by atoms with Crippen molar-refractivity contribution < 1.29 is 9.21 Å². The highest BCUT2D eigenvalue weighted by Crippen LogP contribution is 2.16. The largest absolute Gasteiger partial charge is 0.463 e. The summed E-state index contributed by atoms with van der Waals surface area (Å²) in [6.45, 7) is 5.70. The molecular formula is C19H18N2O3S. The van der Waals surface area contributed by atoms with Gasteiger partial charge in [0, 0.05) is 11.5 Å². The summed E-state index contributed by atoms with van der Waals surface area (Å²) in [7, 11) is 0. The van der Waals surface area contributed by atoms with Crippen LogP contribution in [-0.2, 0) is 4.79 Å². The zero-order chi connectivity index (χ0) is 18.0. The van der Waals surface area contributed by atoms with Gasteiger partial charge in [-0.3, -0.25) is 9.59 Å². The quantitative estimate of drug-likeness (QED) is 0.724. The van der Waals surface area contributed by atoms with Crippen molar-refractivity contribution in [3.8, 4) is 0 Å². The van der Waals surface area contributed by atoms with Crippen LogP contribution in [-0.4, -0.2) is 10.9 Å². The lowest BCUT2D eigenvalue weighted by molar-refractivity contribution is -0.117. The third-order valence-electron chi connectivity index (χ3n) is 3.81. The van der Waals surface area contributed by atoms with Crippen LogP contribution in [0.25, 0.3) is 17.0 Å². The molecule has 2 aromatic heterocycles. The van der Waals surface area contributed by atoms with Gasteiger partial charge in [-0.05, 0) is 39.0 Å². The van der Waals surface area contributed by atoms with Gasteiger partial charge in [-0.25, -0.2) is 4.98 Å². The van der Waals surface area contributed by atoms with E-state index in [1.165, 1.54) is 18.4 Å². The smallest absolute Gasteiger partial charge is 0.244 e. The van der Waals surface area contributed by atoms with E-state index in [4.69, 9.17) is 4.42 Å². The number of aryl methyl sites for hydroxylation is 2. The van der Waals surface area contributed by atoms with Crippen LogP contribution in [0.3, 0.4) is 0 Å². The Morgan fingerprint density at radius 1 is 1.36 bits per heavy atom. The fourth-order valence-electron chi connectivity index (χ4n) is 2.45. The maximum absolute atomic E-state index is 12.5. The van der Waals surface area contributed by atoms with E-state index in [9.17, 15) is 9.59 Å². The summed E-state index contributed by atoms with van der Waals surface area (Å²) in [5.41, 5.74) is 2.52. The van der Waals surface area contributed by atoms with Gasteiger partial charge in [-0.1, -0.05) is 11.6 Å². The number of nitrogens with one attached hydrogen (secondary N) is 1. The maximum Gasteiger partial charge on any atom is 0.244 e. The van der Waals surface area contributed by atoms with E-state index in [0.717, 1.165) is 16.3 Å². The zero-order valence-corrected chi connectivity index (χ0v) is 15.0. The molecule has 1 atom stereocenters. The average molecular weight is 354 g/mol. The van der Waals surface area contributed by atoms with E-state index in [-0.39, 0.29) is 17.4 Å². The minimum atomic E-state index is -0.290. The molecule has 0 aliphatic rings. The molecule has 1 N–H and O–H groups in total. The summed E-state index contributed by atoms with van der Waals surface area (Å²) in [5, 5.41) is 6.21. The maximum atomic E-state index is 12.5. The Hall–Kier alpha value is -2.73. The summed E-state index contributed by atoms with van der Waals surface area (Å²) in [6, 6.07) is 5.24. The highest BCUT2D eigenvalue weighted by molar-refractivity contribution is 7.09. The Bertz CT molecular complexity index is 1020. The van der Waals surface area contributed by atoms with Gasteiger partial charge in [0.1, 0.15) is 11.8 Å². The number of hydrogen-bond acceptors (Lipinski definition) is 5. The van der Waals surface area contributed by atoms with Crippen LogP contribution >= 0.6 is 11.3 Å². The summed E-state index contributed by atoms with van der Waals surface area (Å²) in [4.78, 5) is 28.9. The first-order chi connectivity index (χ1) is 11.9. The molecule has 0 radical (unpaired) electrons. The van der Waals surface area contributed by atoms with E-state index < -0.39 is 0 Å². The number of rotatable bonds is 4. The molecule has 5 nitrogen and oxygen atoms in total. The monoisotopic (exact) mass is 354 g/mol. The third kappa shape index (κ3) is 3.85. The van der Waals surface area contributed by atoms with Crippen LogP contribution in [0, 0.1) is 13.8 Å². The molecule has 2 heterocycles. The van der Waals surface area contributed by atoms with Crippen LogP contribution in [0.2, 0.25) is 0 Å². The van der Waals surface area contributed by atoms with Crippen LogP contribution in [0.5, 0.6) is 0 Å². The highest BCUT2D eigenvalue weighted by Gasteiger charge is 2.11. The molecule has 1 unspecified atom stereocenters. The van der Waals surface area contributed by atoms with Crippen LogP contribution < -0.4 is 10.7 Å². The number of benzene rings is 1. The molecule has 3 aromatic rings. The number of thiazole rings is 1. The van der Waals surface area contributed by atoms with Crippen molar-refractivity contribution >= 4 is 34.3 Å². The molecule has 25 heavy (non-hydrogen) atoms. The molecule has 0 aliphatic heterocycles. The molecule has 0 aliphatic carbocycles. The van der Waals surface area contributed by atoms with Gasteiger partial charge in [0.25, 0.3) is 0 Å². The first-order valence-corrected chi connectivity index (χ1v) is 8.75. The Kier molecular flexibility index (Phi) is 4.81. The van der Waals surface area contributed by atoms with E-state index >= 15 is 0 Å². The Morgan fingerprint density at radius 2 is 2.16 bits per heavy atom. The van der Waals surface area contributed by atoms with Gasteiger partial charge in [0.2, 0.25) is 5.91 Å². The van der Waals surface area contributed by atoms with Crippen LogP contribution in [0.1, 0.15) is 34.8 Å². The minimum Gasteiger partial charge on any atom is -0.463 e. The number of aromatic nitrogens is 1. The number of carbonyl (C=O) groups is 1. The summed E-state index contributed by atoms with van der Waals surface area (Å²) < 4.78 is 5.47. The zero-order valence-electron chi connectivity index (χ0n) is 14.2. The van der Waals surface area contributed by atoms with Gasteiger partial charge in [-0.15, -0.1) is 11.3 Å².